The number of carbonyl (C=O) groups is 1. The van der Waals surface area contributed by atoms with Crippen LogP contribution in [0.15, 0.2) is 53.5 Å². The second-order valence-electron chi connectivity index (χ2n) is 7.91. The number of benzene rings is 2. The summed E-state index contributed by atoms with van der Waals surface area (Å²) in [6, 6.07) is 16.2. The van der Waals surface area contributed by atoms with Crippen molar-refractivity contribution >= 4 is 35.8 Å². The standard InChI is InChI=1S/C24H30N4O3.HI/c1-2-25-24(26-14-19-8-9-21-22(12-19)31-17-30-21)27-15-20-13-23(29)28(16-20)11-10-18-6-4-3-5-7-18;/h3-9,12,20H,2,10-11,13-17H2,1H3,(H2,25,26,27);1H. The fourth-order valence-corrected chi connectivity index (χ4v) is 3.91. The molecular weight excluding hydrogens is 519 g/mol. The van der Waals surface area contributed by atoms with Gasteiger partial charge in [0.25, 0.3) is 0 Å². The maximum atomic E-state index is 12.4. The molecule has 8 heteroatoms. The molecule has 2 aliphatic rings. The van der Waals surface area contributed by atoms with E-state index in [1.165, 1.54) is 5.56 Å². The van der Waals surface area contributed by atoms with E-state index in [0.717, 1.165) is 55.6 Å². The number of carbonyl (C=O) groups excluding carboxylic acids is 1. The van der Waals surface area contributed by atoms with Gasteiger partial charge in [-0.1, -0.05) is 36.4 Å². The fourth-order valence-electron chi connectivity index (χ4n) is 3.91. The predicted octanol–water partition coefficient (Wildman–Crippen LogP) is 3.18. The molecule has 2 aromatic carbocycles. The number of aliphatic imine (C=N–C) groups is 1. The molecule has 4 rings (SSSR count). The zero-order valence-corrected chi connectivity index (χ0v) is 20.7. The van der Waals surface area contributed by atoms with Gasteiger partial charge in [0.15, 0.2) is 17.5 Å². The lowest BCUT2D eigenvalue weighted by molar-refractivity contribution is -0.127. The van der Waals surface area contributed by atoms with E-state index >= 15 is 0 Å². The number of hydrogen-bond donors (Lipinski definition) is 2. The smallest absolute Gasteiger partial charge is 0.231 e. The van der Waals surface area contributed by atoms with Crippen LogP contribution in [0.4, 0.5) is 0 Å². The molecule has 32 heavy (non-hydrogen) atoms. The minimum atomic E-state index is 0. The maximum Gasteiger partial charge on any atom is 0.231 e. The molecule has 1 amide bonds. The maximum absolute atomic E-state index is 12.4. The minimum Gasteiger partial charge on any atom is -0.454 e. The van der Waals surface area contributed by atoms with Crippen LogP contribution >= 0.6 is 24.0 Å². The van der Waals surface area contributed by atoms with Gasteiger partial charge in [-0.15, -0.1) is 24.0 Å². The highest BCUT2D eigenvalue weighted by Gasteiger charge is 2.29. The topological polar surface area (TPSA) is 75.2 Å². The fraction of sp³-hybridized carbons (Fsp3) is 0.417. The molecule has 1 fully saturated rings. The predicted molar refractivity (Wildman–Crippen MR) is 136 cm³/mol. The molecule has 2 aromatic rings. The van der Waals surface area contributed by atoms with Gasteiger partial charge in [-0.05, 0) is 36.6 Å². The van der Waals surface area contributed by atoms with Crippen LogP contribution in [0.3, 0.4) is 0 Å². The van der Waals surface area contributed by atoms with Crippen LogP contribution in [0, 0.1) is 5.92 Å². The van der Waals surface area contributed by atoms with Crippen LogP contribution < -0.4 is 20.1 Å². The zero-order chi connectivity index (χ0) is 21.5. The van der Waals surface area contributed by atoms with Gasteiger partial charge in [0.2, 0.25) is 12.7 Å². The van der Waals surface area contributed by atoms with Crippen LogP contribution in [0.5, 0.6) is 11.5 Å². The Morgan fingerprint density at radius 2 is 1.91 bits per heavy atom. The number of amides is 1. The van der Waals surface area contributed by atoms with Gasteiger partial charge in [-0.25, -0.2) is 4.99 Å². The first-order valence-corrected chi connectivity index (χ1v) is 10.9. The molecule has 0 aliphatic carbocycles. The van der Waals surface area contributed by atoms with Gasteiger partial charge >= 0.3 is 0 Å². The molecule has 2 N–H and O–H groups in total. The quantitative estimate of drug-likeness (QED) is 0.300. The van der Waals surface area contributed by atoms with E-state index in [4.69, 9.17) is 9.47 Å². The second kappa shape index (κ2) is 11.9. The highest BCUT2D eigenvalue weighted by molar-refractivity contribution is 14.0. The van der Waals surface area contributed by atoms with Crippen LogP contribution in [0.1, 0.15) is 24.5 Å². The minimum absolute atomic E-state index is 0. The van der Waals surface area contributed by atoms with E-state index in [2.05, 4.69) is 27.8 Å². The lowest BCUT2D eigenvalue weighted by Crippen LogP contribution is -2.40. The van der Waals surface area contributed by atoms with Gasteiger partial charge in [-0.2, -0.15) is 0 Å². The Hall–Kier alpha value is -2.49. The van der Waals surface area contributed by atoms with E-state index in [0.29, 0.717) is 13.0 Å². The van der Waals surface area contributed by atoms with E-state index < -0.39 is 0 Å². The van der Waals surface area contributed by atoms with Gasteiger partial charge in [-0.3, -0.25) is 4.79 Å². The molecular formula is C24H31IN4O3. The number of halogens is 1. The number of ether oxygens (including phenoxy) is 2. The summed E-state index contributed by atoms with van der Waals surface area (Å²) in [5.74, 6) is 2.84. The Labute approximate surface area is 206 Å². The number of rotatable bonds is 8. The Morgan fingerprint density at radius 1 is 1.09 bits per heavy atom. The number of likely N-dealkylation sites (tertiary alicyclic amines) is 1. The normalized spacial score (nSPS) is 17.3. The van der Waals surface area contributed by atoms with Crippen molar-refractivity contribution in [3.8, 4) is 11.5 Å². The van der Waals surface area contributed by atoms with E-state index in [9.17, 15) is 4.79 Å². The molecule has 1 saturated heterocycles. The third kappa shape index (κ3) is 6.51. The molecule has 0 saturated carbocycles. The number of nitrogens with one attached hydrogen (secondary N) is 2. The Balaban J connectivity index is 0.00000289. The third-order valence-corrected chi connectivity index (χ3v) is 5.57. The zero-order valence-electron chi connectivity index (χ0n) is 18.4. The summed E-state index contributed by atoms with van der Waals surface area (Å²) in [6.45, 7) is 5.92. The van der Waals surface area contributed by atoms with Crippen molar-refractivity contribution in [2.45, 2.75) is 26.3 Å². The highest BCUT2D eigenvalue weighted by atomic mass is 127. The van der Waals surface area contributed by atoms with Crippen LogP contribution in [0.25, 0.3) is 0 Å². The lowest BCUT2D eigenvalue weighted by Gasteiger charge is -2.18. The van der Waals surface area contributed by atoms with Crippen LogP contribution in [0.2, 0.25) is 0 Å². The molecule has 1 atom stereocenters. The van der Waals surface area contributed by atoms with Crippen molar-refractivity contribution in [1.82, 2.24) is 15.5 Å². The molecule has 172 valence electrons. The summed E-state index contributed by atoms with van der Waals surface area (Å²) in [6.07, 6.45) is 1.48. The van der Waals surface area contributed by atoms with Gasteiger partial charge in [0.05, 0.1) is 6.54 Å². The number of guanidine groups is 1. The molecule has 7 nitrogen and oxygen atoms in total. The Morgan fingerprint density at radius 3 is 2.72 bits per heavy atom. The van der Waals surface area contributed by atoms with E-state index in [-0.39, 0.29) is 42.6 Å². The van der Waals surface area contributed by atoms with Crippen LogP contribution in [-0.2, 0) is 17.8 Å². The lowest BCUT2D eigenvalue weighted by atomic mass is 10.1. The summed E-state index contributed by atoms with van der Waals surface area (Å²) in [4.78, 5) is 19.1. The Kier molecular flexibility index (Phi) is 9.01. The Bertz CT molecular complexity index is 923. The van der Waals surface area contributed by atoms with Crippen molar-refractivity contribution in [2.24, 2.45) is 10.9 Å². The van der Waals surface area contributed by atoms with Crippen molar-refractivity contribution in [3.05, 3.63) is 59.7 Å². The SMILES string of the molecule is CCNC(=NCc1ccc2c(c1)OCO2)NCC1CC(=O)N(CCc2ccccc2)C1.I. The number of hydrogen-bond acceptors (Lipinski definition) is 4. The molecule has 2 aliphatic heterocycles. The van der Waals surface area contributed by atoms with Gasteiger partial charge in [0.1, 0.15) is 0 Å². The van der Waals surface area contributed by atoms with E-state index in [1.54, 1.807) is 0 Å². The molecule has 1 unspecified atom stereocenters. The molecule has 0 aromatic heterocycles. The molecule has 2 heterocycles. The largest absolute Gasteiger partial charge is 0.454 e. The summed E-state index contributed by atoms with van der Waals surface area (Å²) in [5.41, 5.74) is 2.33. The first kappa shape index (κ1) is 24.2. The summed E-state index contributed by atoms with van der Waals surface area (Å²) in [5, 5.41) is 6.69. The van der Waals surface area contributed by atoms with Crippen LogP contribution in [-0.4, -0.2) is 49.7 Å². The average molecular weight is 550 g/mol. The van der Waals surface area contributed by atoms with Crippen molar-refractivity contribution in [1.29, 1.82) is 0 Å². The number of fused-ring (bicyclic) bond motifs is 1. The first-order chi connectivity index (χ1) is 15.2. The second-order valence-corrected chi connectivity index (χ2v) is 7.91. The summed E-state index contributed by atoms with van der Waals surface area (Å²) in [7, 11) is 0. The summed E-state index contributed by atoms with van der Waals surface area (Å²) < 4.78 is 10.8. The highest BCUT2D eigenvalue weighted by Crippen LogP contribution is 2.32. The molecule has 0 spiro atoms. The third-order valence-electron chi connectivity index (χ3n) is 5.57. The average Bonchev–Trinajstić information content (AvgIpc) is 3.40. The van der Waals surface area contributed by atoms with Gasteiger partial charge < -0.3 is 25.0 Å². The number of nitrogens with zero attached hydrogens (tertiary/aromatic N) is 2. The monoisotopic (exact) mass is 550 g/mol. The molecule has 0 radical (unpaired) electrons. The summed E-state index contributed by atoms with van der Waals surface area (Å²) >= 11 is 0. The van der Waals surface area contributed by atoms with Crippen molar-refractivity contribution in [2.75, 3.05) is 33.0 Å². The molecule has 0 bridgehead atoms. The van der Waals surface area contributed by atoms with E-state index in [1.807, 2.05) is 48.2 Å². The first-order valence-electron chi connectivity index (χ1n) is 10.9. The van der Waals surface area contributed by atoms with Crippen molar-refractivity contribution in [3.63, 3.8) is 0 Å². The van der Waals surface area contributed by atoms with Gasteiger partial charge in [0, 0.05) is 38.5 Å². The van der Waals surface area contributed by atoms with Crippen molar-refractivity contribution < 1.29 is 14.3 Å².